The van der Waals surface area contributed by atoms with E-state index in [4.69, 9.17) is 4.74 Å². The molecule has 0 aromatic carbocycles. The standard InChI is InChI=1S/C67H127NO6/c1-3-5-7-9-11-13-15-16-31-35-38-42-46-50-54-58-67(73)74-61-55-51-47-43-39-36-33-30-28-26-24-22-20-18-17-19-21-23-25-27-29-32-34-37-41-45-49-53-57-66(72)68-64(62-69)65(71)60-59-63(70)56-52-48-44-40-14-12-10-8-6-4-2/h11,13,16,31,59-60,63-65,69-71H,3-10,12,14-15,17-30,32-58,61-62H2,1-2H3,(H,68,72)/b13-11-,31-16-,60-59+/t63-,64+,65-/m1/s1. The molecule has 0 saturated carbocycles. The molecule has 0 heterocycles. The molecule has 7 heteroatoms. The van der Waals surface area contributed by atoms with Crippen LogP contribution in [0, 0.1) is 0 Å². The molecule has 0 rings (SSSR count). The maximum atomic E-state index is 12.5. The van der Waals surface area contributed by atoms with Crippen LogP contribution >= 0.6 is 0 Å². The molecule has 7 nitrogen and oxygen atoms in total. The van der Waals surface area contributed by atoms with Gasteiger partial charge in [-0.05, 0) is 57.8 Å². The van der Waals surface area contributed by atoms with Gasteiger partial charge in [-0.1, -0.05) is 314 Å². The Morgan fingerprint density at radius 3 is 1.16 bits per heavy atom. The quantitative estimate of drug-likeness (QED) is 0.0274. The first kappa shape index (κ1) is 72.0. The van der Waals surface area contributed by atoms with Crippen molar-refractivity contribution in [1.82, 2.24) is 5.32 Å². The maximum absolute atomic E-state index is 12.5. The number of carbonyl (C=O) groups excluding carboxylic acids is 2. The van der Waals surface area contributed by atoms with Crippen LogP contribution in [0.25, 0.3) is 0 Å². The Kier molecular flexibility index (Phi) is 60.2. The van der Waals surface area contributed by atoms with Gasteiger partial charge in [0, 0.05) is 12.8 Å². The first-order chi connectivity index (χ1) is 36.4. The molecule has 0 aromatic heterocycles. The molecule has 1 amide bonds. The number of carbonyl (C=O) groups is 2. The number of aliphatic hydroxyl groups is 3. The number of amides is 1. The van der Waals surface area contributed by atoms with Gasteiger partial charge in [-0.3, -0.25) is 9.59 Å². The van der Waals surface area contributed by atoms with Crippen LogP contribution in [-0.4, -0.2) is 58.7 Å². The lowest BCUT2D eigenvalue weighted by atomic mass is 10.0. The van der Waals surface area contributed by atoms with Gasteiger partial charge in [-0.15, -0.1) is 0 Å². The molecule has 74 heavy (non-hydrogen) atoms. The highest BCUT2D eigenvalue weighted by molar-refractivity contribution is 5.76. The number of allylic oxidation sites excluding steroid dienone is 4. The summed E-state index contributed by atoms with van der Waals surface area (Å²) in [5.41, 5.74) is 0. The second-order valence-electron chi connectivity index (χ2n) is 22.6. The summed E-state index contributed by atoms with van der Waals surface area (Å²) in [6.45, 7) is 4.78. The summed E-state index contributed by atoms with van der Waals surface area (Å²) < 4.78 is 5.48. The minimum atomic E-state index is -1.02. The molecule has 0 saturated heterocycles. The largest absolute Gasteiger partial charge is 0.466 e. The zero-order valence-corrected chi connectivity index (χ0v) is 49.4. The highest BCUT2D eigenvalue weighted by Gasteiger charge is 2.18. The Labute approximate surface area is 460 Å². The van der Waals surface area contributed by atoms with E-state index in [1.807, 2.05) is 0 Å². The van der Waals surface area contributed by atoms with Gasteiger partial charge in [0.05, 0.1) is 31.5 Å². The molecule has 0 aromatic rings. The normalized spacial score (nSPS) is 13.2. The fraction of sp³-hybridized carbons (Fsp3) is 0.881. The average Bonchev–Trinajstić information content (AvgIpc) is 3.40. The third-order valence-electron chi connectivity index (χ3n) is 15.2. The van der Waals surface area contributed by atoms with Gasteiger partial charge in [0.15, 0.2) is 0 Å². The topological polar surface area (TPSA) is 116 Å². The van der Waals surface area contributed by atoms with Gasteiger partial charge < -0.3 is 25.4 Å². The summed E-state index contributed by atoms with van der Waals surface area (Å²) in [5.74, 6) is -0.127. The Balaban J connectivity index is 3.39. The third-order valence-corrected chi connectivity index (χ3v) is 15.2. The lowest BCUT2D eigenvalue weighted by molar-refractivity contribution is -0.143. The highest BCUT2D eigenvalue weighted by atomic mass is 16.5. The number of hydrogen-bond donors (Lipinski definition) is 4. The van der Waals surface area contributed by atoms with Crippen molar-refractivity contribution in [2.24, 2.45) is 0 Å². The predicted molar refractivity (Wildman–Crippen MR) is 321 cm³/mol. The van der Waals surface area contributed by atoms with Crippen LogP contribution in [0.4, 0.5) is 0 Å². The molecule has 4 N–H and O–H groups in total. The molecular weight excluding hydrogens is 915 g/mol. The SMILES string of the molecule is CCCCC/C=C\C/C=C\CCCCCCCC(=O)OCCCCCCCCCCCCCCCCCCCCCCCCCCCCCCC(=O)N[C@@H](CO)[C@H](O)/C=C/[C@H](O)CCCCCCCCCCCC. The van der Waals surface area contributed by atoms with Crippen molar-refractivity contribution in [3.05, 3.63) is 36.5 Å². The average molecular weight is 1040 g/mol. The van der Waals surface area contributed by atoms with Crippen molar-refractivity contribution in [3.8, 4) is 0 Å². The Hall–Kier alpha value is -1.96. The molecule has 0 bridgehead atoms. The molecule has 436 valence electrons. The van der Waals surface area contributed by atoms with Crippen LogP contribution in [0.5, 0.6) is 0 Å². The molecule has 0 aliphatic heterocycles. The minimum absolute atomic E-state index is 0.00185. The van der Waals surface area contributed by atoms with E-state index >= 15 is 0 Å². The van der Waals surface area contributed by atoms with Crippen LogP contribution in [0.15, 0.2) is 36.5 Å². The van der Waals surface area contributed by atoms with E-state index in [1.165, 1.54) is 263 Å². The molecule has 0 unspecified atom stereocenters. The van der Waals surface area contributed by atoms with Gasteiger partial charge >= 0.3 is 5.97 Å². The van der Waals surface area contributed by atoms with E-state index in [0.29, 0.717) is 25.9 Å². The van der Waals surface area contributed by atoms with Crippen molar-refractivity contribution < 1.29 is 29.6 Å². The van der Waals surface area contributed by atoms with Crippen molar-refractivity contribution in [3.63, 3.8) is 0 Å². The van der Waals surface area contributed by atoms with Crippen molar-refractivity contribution >= 4 is 11.9 Å². The van der Waals surface area contributed by atoms with Crippen LogP contribution in [-0.2, 0) is 14.3 Å². The van der Waals surface area contributed by atoms with Crippen LogP contribution in [0.1, 0.15) is 348 Å². The second kappa shape index (κ2) is 61.9. The summed E-state index contributed by atoms with van der Waals surface area (Å²) >= 11 is 0. The van der Waals surface area contributed by atoms with Gasteiger partial charge in [0.1, 0.15) is 0 Å². The van der Waals surface area contributed by atoms with Gasteiger partial charge in [-0.2, -0.15) is 0 Å². The first-order valence-corrected chi connectivity index (χ1v) is 32.8. The zero-order chi connectivity index (χ0) is 53.7. The fourth-order valence-electron chi connectivity index (χ4n) is 10.2. The lowest BCUT2D eigenvalue weighted by Gasteiger charge is -2.20. The molecule has 3 atom stereocenters. The zero-order valence-electron chi connectivity index (χ0n) is 49.4. The van der Waals surface area contributed by atoms with Gasteiger partial charge in [0.2, 0.25) is 5.91 Å². The first-order valence-electron chi connectivity index (χ1n) is 32.8. The van der Waals surface area contributed by atoms with E-state index in [9.17, 15) is 24.9 Å². The number of hydrogen-bond acceptors (Lipinski definition) is 6. The number of esters is 1. The number of rotatable bonds is 61. The fourth-order valence-corrected chi connectivity index (χ4v) is 10.2. The second-order valence-corrected chi connectivity index (χ2v) is 22.6. The van der Waals surface area contributed by atoms with E-state index < -0.39 is 18.2 Å². The summed E-state index contributed by atoms with van der Waals surface area (Å²) in [5, 5.41) is 33.4. The minimum Gasteiger partial charge on any atom is -0.466 e. The summed E-state index contributed by atoms with van der Waals surface area (Å²) in [6, 6.07) is -0.748. The smallest absolute Gasteiger partial charge is 0.305 e. The van der Waals surface area contributed by atoms with E-state index in [-0.39, 0.29) is 18.5 Å². The predicted octanol–water partition coefficient (Wildman–Crippen LogP) is 19.7. The van der Waals surface area contributed by atoms with Crippen LogP contribution in [0.3, 0.4) is 0 Å². The van der Waals surface area contributed by atoms with E-state index in [0.717, 1.165) is 57.8 Å². The molecule has 0 fully saturated rings. The number of nitrogens with one attached hydrogen (secondary N) is 1. The Morgan fingerprint density at radius 1 is 0.405 bits per heavy atom. The number of aliphatic hydroxyl groups excluding tert-OH is 3. The molecule has 0 radical (unpaired) electrons. The van der Waals surface area contributed by atoms with Crippen molar-refractivity contribution in [2.45, 2.75) is 366 Å². The van der Waals surface area contributed by atoms with Gasteiger partial charge in [0.25, 0.3) is 0 Å². The maximum Gasteiger partial charge on any atom is 0.305 e. The summed E-state index contributed by atoms with van der Waals surface area (Å²) in [6.07, 6.45) is 75.1. The van der Waals surface area contributed by atoms with Gasteiger partial charge in [-0.25, -0.2) is 0 Å². The van der Waals surface area contributed by atoms with Crippen molar-refractivity contribution in [2.75, 3.05) is 13.2 Å². The van der Waals surface area contributed by atoms with Crippen LogP contribution < -0.4 is 5.32 Å². The van der Waals surface area contributed by atoms with Crippen LogP contribution in [0.2, 0.25) is 0 Å². The molecular formula is C67H127NO6. The Bertz CT molecular complexity index is 1220. The molecule has 0 spiro atoms. The highest BCUT2D eigenvalue weighted by Crippen LogP contribution is 2.18. The van der Waals surface area contributed by atoms with E-state index in [1.54, 1.807) is 6.08 Å². The monoisotopic (exact) mass is 1040 g/mol. The molecule has 0 aliphatic rings. The van der Waals surface area contributed by atoms with E-state index in [2.05, 4.69) is 43.5 Å². The third kappa shape index (κ3) is 57.7. The Morgan fingerprint density at radius 2 is 0.743 bits per heavy atom. The number of ether oxygens (including phenoxy) is 1. The number of unbranched alkanes of at least 4 members (excludes halogenated alkanes) is 44. The lowest BCUT2D eigenvalue weighted by Crippen LogP contribution is -2.45. The summed E-state index contributed by atoms with van der Waals surface area (Å²) in [7, 11) is 0. The van der Waals surface area contributed by atoms with Crippen molar-refractivity contribution in [1.29, 1.82) is 0 Å². The summed E-state index contributed by atoms with van der Waals surface area (Å²) in [4.78, 5) is 24.5. The molecule has 0 aliphatic carbocycles.